The molecule has 2 saturated heterocycles. The zero-order valence-corrected chi connectivity index (χ0v) is 8.97. The molecule has 2 rings (SSSR count). The highest BCUT2D eigenvalue weighted by molar-refractivity contribution is 5.00. The van der Waals surface area contributed by atoms with Gasteiger partial charge in [0.05, 0.1) is 0 Å². The molecule has 13 heavy (non-hydrogen) atoms. The number of hydrogen-bond acceptors (Lipinski definition) is 2. The van der Waals surface area contributed by atoms with Crippen molar-refractivity contribution in [3.63, 3.8) is 0 Å². The van der Waals surface area contributed by atoms with Gasteiger partial charge in [-0.05, 0) is 52.7 Å². The van der Waals surface area contributed by atoms with E-state index in [1.54, 1.807) is 0 Å². The lowest BCUT2D eigenvalue weighted by molar-refractivity contribution is 0.104. The second-order valence-corrected chi connectivity index (χ2v) is 4.94. The van der Waals surface area contributed by atoms with Crippen LogP contribution in [0.1, 0.15) is 39.0 Å². The van der Waals surface area contributed by atoms with Crippen LogP contribution in [0.2, 0.25) is 0 Å². The lowest BCUT2D eigenvalue weighted by Crippen LogP contribution is -2.56. The van der Waals surface area contributed by atoms with Gasteiger partial charge in [-0.3, -0.25) is 0 Å². The summed E-state index contributed by atoms with van der Waals surface area (Å²) < 4.78 is 0. The zero-order chi connectivity index (χ0) is 9.31. The molecule has 2 heteroatoms. The van der Waals surface area contributed by atoms with Crippen molar-refractivity contribution in [1.82, 2.24) is 10.2 Å². The summed E-state index contributed by atoms with van der Waals surface area (Å²) in [6.07, 6.45) is 6.93. The number of likely N-dealkylation sites (tertiary alicyclic amines) is 1. The SMILES string of the molecule is CN1CCCCC1C1(C)CCCN1. The van der Waals surface area contributed by atoms with E-state index in [1.165, 1.54) is 45.2 Å². The molecule has 0 aromatic rings. The van der Waals surface area contributed by atoms with Crippen LogP contribution in [0.5, 0.6) is 0 Å². The number of rotatable bonds is 1. The van der Waals surface area contributed by atoms with E-state index in [0.717, 1.165) is 6.04 Å². The van der Waals surface area contributed by atoms with Crippen LogP contribution in [0.15, 0.2) is 0 Å². The van der Waals surface area contributed by atoms with E-state index in [1.807, 2.05) is 0 Å². The van der Waals surface area contributed by atoms with Crippen LogP contribution >= 0.6 is 0 Å². The van der Waals surface area contributed by atoms with Crippen molar-refractivity contribution in [3.05, 3.63) is 0 Å². The van der Waals surface area contributed by atoms with Crippen molar-refractivity contribution in [1.29, 1.82) is 0 Å². The second kappa shape index (κ2) is 3.58. The number of hydrogen-bond donors (Lipinski definition) is 1. The molecule has 2 nitrogen and oxygen atoms in total. The average Bonchev–Trinajstić information content (AvgIpc) is 2.54. The minimum absolute atomic E-state index is 0.412. The van der Waals surface area contributed by atoms with Crippen LogP contribution in [0, 0.1) is 0 Å². The van der Waals surface area contributed by atoms with E-state index in [4.69, 9.17) is 0 Å². The van der Waals surface area contributed by atoms with Gasteiger partial charge in [0.25, 0.3) is 0 Å². The maximum atomic E-state index is 3.69. The van der Waals surface area contributed by atoms with Crippen LogP contribution in [0.25, 0.3) is 0 Å². The topological polar surface area (TPSA) is 15.3 Å². The summed E-state index contributed by atoms with van der Waals surface area (Å²) >= 11 is 0. The third-order valence-corrected chi connectivity index (χ3v) is 3.91. The van der Waals surface area contributed by atoms with E-state index >= 15 is 0 Å². The standard InChI is InChI=1S/C11H22N2/c1-11(7-5-8-12-11)10-6-3-4-9-13(10)2/h10,12H,3-9H2,1-2H3. The predicted molar refractivity (Wildman–Crippen MR) is 55.9 cm³/mol. The maximum Gasteiger partial charge on any atom is 0.0309 e. The Hall–Kier alpha value is -0.0800. The minimum Gasteiger partial charge on any atom is -0.310 e. The van der Waals surface area contributed by atoms with E-state index in [2.05, 4.69) is 24.2 Å². The molecule has 2 aliphatic rings. The van der Waals surface area contributed by atoms with Gasteiger partial charge in [-0.2, -0.15) is 0 Å². The number of likely N-dealkylation sites (N-methyl/N-ethyl adjacent to an activating group) is 1. The molecule has 1 N–H and O–H groups in total. The van der Waals surface area contributed by atoms with Crippen molar-refractivity contribution in [2.24, 2.45) is 0 Å². The molecule has 0 amide bonds. The molecule has 0 aromatic carbocycles. The fourth-order valence-electron chi connectivity index (χ4n) is 3.08. The Morgan fingerprint density at radius 1 is 1.31 bits per heavy atom. The molecular formula is C11H22N2. The first-order valence-corrected chi connectivity index (χ1v) is 5.68. The van der Waals surface area contributed by atoms with E-state index in [0.29, 0.717) is 5.54 Å². The largest absolute Gasteiger partial charge is 0.310 e. The molecule has 0 radical (unpaired) electrons. The van der Waals surface area contributed by atoms with E-state index < -0.39 is 0 Å². The molecule has 2 atom stereocenters. The van der Waals surface area contributed by atoms with Crippen LogP contribution < -0.4 is 5.32 Å². The van der Waals surface area contributed by atoms with E-state index in [9.17, 15) is 0 Å². The fraction of sp³-hybridized carbons (Fsp3) is 1.00. The molecule has 2 heterocycles. The quantitative estimate of drug-likeness (QED) is 0.663. The van der Waals surface area contributed by atoms with E-state index in [-0.39, 0.29) is 0 Å². The van der Waals surface area contributed by atoms with Crippen molar-refractivity contribution in [2.45, 2.75) is 50.6 Å². The van der Waals surface area contributed by atoms with Crippen molar-refractivity contribution < 1.29 is 0 Å². The Balaban J connectivity index is 2.04. The van der Waals surface area contributed by atoms with Crippen LogP contribution in [-0.4, -0.2) is 36.6 Å². The average molecular weight is 182 g/mol. The van der Waals surface area contributed by atoms with Gasteiger partial charge in [0.15, 0.2) is 0 Å². The first-order chi connectivity index (χ1) is 6.22. The van der Waals surface area contributed by atoms with Crippen LogP contribution in [0.3, 0.4) is 0 Å². The molecular weight excluding hydrogens is 160 g/mol. The van der Waals surface area contributed by atoms with Crippen molar-refractivity contribution >= 4 is 0 Å². The van der Waals surface area contributed by atoms with Gasteiger partial charge >= 0.3 is 0 Å². The Morgan fingerprint density at radius 2 is 2.15 bits per heavy atom. The van der Waals surface area contributed by atoms with Gasteiger partial charge in [0, 0.05) is 11.6 Å². The highest BCUT2D eigenvalue weighted by Gasteiger charge is 2.39. The Kier molecular flexibility index (Phi) is 2.61. The lowest BCUT2D eigenvalue weighted by Gasteiger charge is -2.43. The normalized spacial score (nSPS) is 42.5. The number of piperidine rings is 1. The summed E-state index contributed by atoms with van der Waals surface area (Å²) in [5, 5.41) is 3.69. The van der Waals surface area contributed by atoms with Gasteiger partial charge in [0.1, 0.15) is 0 Å². The van der Waals surface area contributed by atoms with Crippen molar-refractivity contribution in [2.75, 3.05) is 20.1 Å². The fourth-order valence-corrected chi connectivity index (χ4v) is 3.08. The zero-order valence-electron chi connectivity index (χ0n) is 8.97. The third-order valence-electron chi connectivity index (χ3n) is 3.91. The molecule has 0 aliphatic carbocycles. The molecule has 0 bridgehead atoms. The lowest BCUT2D eigenvalue weighted by atomic mass is 9.84. The second-order valence-electron chi connectivity index (χ2n) is 4.94. The Labute approximate surface area is 81.7 Å². The molecule has 0 aromatic heterocycles. The highest BCUT2D eigenvalue weighted by atomic mass is 15.2. The minimum atomic E-state index is 0.412. The van der Waals surface area contributed by atoms with Gasteiger partial charge in [-0.15, -0.1) is 0 Å². The molecule has 2 unspecified atom stereocenters. The first kappa shape index (κ1) is 9.47. The first-order valence-electron chi connectivity index (χ1n) is 5.68. The van der Waals surface area contributed by atoms with Gasteiger partial charge in [-0.1, -0.05) is 6.42 Å². The molecule has 2 fully saturated rings. The summed E-state index contributed by atoms with van der Waals surface area (Å²) in [5.74, 6) is 0. The summed E-state index contributed by atoms with van der Waals surface area (Å²) in [5.41, 5.74) is 0.412. The summed E-state index contributed by atoms with van der Waals surface area (Å²) in [7, 11) is 2.29. The summed E-state index contributed by atoms with van der Waals surface area (Å²) in [4.78, 5) is 2.56. The molecule has 76 valence electrons. The maximum absolute atomic E-state index is 3.69. The Bertz CT molecular complexity index is 173. The van der Waals surface area contributed by atoms with Crippen molar-refractivity contribution in [3.8, 4) is 0 Å². The Morgan fingerprint density at radius 3 is 2.77 bits per heavy atom. The molecule has 0 spiro atoms. The monoisotopic (exact) mass is 182 g/mol. The predicted octanol–water partition coefficient (Wildman–Crippen LogP) is 1.61. The van der Waals surface area contributed by atoms with Gasteiger partial charge in [0.2, 0.25) is 0 Å². The number of nitrogens with one attached hydrogen (secondary N) is 1. The highest BCUT2D eigenvalue weighted by Crippen LogP contribution is 2.31. The summed E-state index contributed by atoms with van der Waals surface area (Å²) in [6, 6.07) is 0.781. The third kappa shape index (κ3) is 1.75. The smallest absolute Gasteiger partial charge is 0.0309 e. The van der Waals surface area contributed by atoms with Gasteiger partial charge in [-0.25, -0.2) is 0 Å². The van der Waals surface area contributed by atoms with Crippen LogP contribution in [-0.2, 0) is 0 Å². The number of nitrogens with zero attached hydrogens (tertiary/aromatic N) is 1. The molecule has 2 aliphatic heterocycles. The van der Waals surface area contributed by atoms with Crippen LogP contribution in [0.4, 0.5) is 0 Å². The van der Waals surface area contributed by atoms with Gasteiger partial charge < -0.3 is 10.2 Å². The summed E-state index contributed by atoms with van der Waals surface area (Å²) in [6.45, 7) is 4.93. The molecule has 0 saturated carbocycles.